The Hall–Kier alpha value is -2.08. The molecule has 2 aliphatic rings. The van der Waals surface area contributed by atoms with Crippen LogP contribution in [0.5, 0.6) is 0 Å². The second kappa shape index (κ2) is 12.1. The Morgan fingerprint density at radius 2 is 1.68 bits per heavy atom. The van der Waals surface area contributed by atoms with Crippen LogP contribution < -0.4 is 15.5 Å². The molecule has 1 aromatic rings. The molecule has 172 valence electrons. The van der Waals surface area contributed by atoms with Crippen LogP contribution in [0.2, 0.25) is 0 Å². The minimum atomic E-state index is -0.0542. The van der Waals surface area contributed by atoms with Gasteiger partial charge in [-0.2, -0.15) is 0 Å². The fourth-order valence-corrected chi connectivity index (χ4v) is 4.78. The van der Waals surface area contributed by atoms with E-state index in [1.54, 1.807) is 0 Å². The highest BCUT2D eigenvalue weighted by Gasteiger charge is 2.23. The lowest BCUT2D eigenvalue weighted by molar-refractivity contribution is -0.120. The zero-order valence-corrected chi connectivity index (χ0v) is 19.4. The summed E-state index contributed by atoms with van der Waals surface area (Å²) in [5.74, 6) is 0.140. The van der Waals surface area contributed by atoms with Crippen molar-refractivity contribution in [2.75, 3.05) is 49.5 Å². The second-order valence-corrected chi connectivity index (χ2v) is 8.89. The number of rotatable bonds is 9. The summed E-state index contributed by atoms with van der Waals surface area (Å²) >= 11 is 0. The van der Waals surface area contributed by atoms with Gasteiger partial charge in [0, 0.05) is 43.5 Å². The van der Waals surface area contributed by atoms with Crippen LogP contribution in [-0.4, -0.2) is 56.0 Å². The maximum absolute atomic E-state index is 13.1. The van der Waals surface area contributed by atoms with Crippen molar-refractivity contribution >= 4 is 23.2 Å². The lowest BCUT2D eigenvalue weighted by Gasteiger charge is -2.31. The van der Waals surface area contributed by atoms with Gasteiger partial charge in [0.1, 0.15) is 0 Å². The fourth-order valence-electron chi connectivity index (χ4n) is 4.78. The van der Waals surface area contributed by atoms with E-state index in [9.17, 15) is 9.59 Å². The molecule has 0 aromatic heterocycles. The number of carbonyl (C=O) groups excluding carboxylic acids is 2. The Labute approximate surface area is 187 Å². The highest BCUT2D eigenvalue weighted by molar-refractivity contribution is 6.02. The molecule has 6 heteroatoms. The van der Waals surface area contributed by atoms with E-state index in [1.165, 1.54) is 12.8 Å². The zero-order valence-electron chi connectivity index (χ0n) is 19.4. The predicted octanol–water partition coefficient (Wildman–Crippen LogP) is 4.27. The Morgan fingerprint density at radius 1 is 1.00 bits per heavy atom. The van der Waals surface area contributed by atoms with Crippen LogP contribution >= 0.6 is 0 Å². The molecule has 2 fully saturated rings. The van der Waals surface area contributed by atoms with Gasteiger partial charge in [-0.3, -0.25) is 9.59 Å². The average Bonchev–Trinajstić information content (AvgIpc) is 2.83. The first-order valence-corrected chi connectivity index (χ1v) is 12.3. The number of nitrogens with zero attached hydrogens (tertiary/aromatic N) is 2. The number of amides is 2. The van der Waals surface area contributed by atoms with Crippen molar-refractivity contribution < 1.29 is 9.59 Å². The van der Waals surface area contributed by atoms with Crippen LogP contribution in [0.3, 0.4) is 0 Å². The molecule has 1 aromatic carbocycles. The van der Waals surface area contributed by atoms with E-state index in [1.807, 2.05) is 18.2 Å². The Balaban J connectivity index is 1.73. The van der Waals surface area contributed by atoms with Gasteiger partial charge < -0.3 is 20.4 Å². The Kier molecular flexibility index (Phi) is 9.19. The van der Waals surface area contributed by atoms with Gasteiger partial charge in [0.05, 0.1) is 5.56 Å². The van der Waals surface area contributed by atoms with Gasteiger partial charge in [0.15, 0.2) is 0 Å². The minimum absolute atomic E-state index is 0.0542. The second-order valence-electron chi connectivity index (χ2n) is 8.89. The third kappa shape index (κ3) is 6.70. The molecular formula is C25H40N4O2. The van der Waals surface area contributed by atoms with E-state index in [2.05, 4.69) is 34.3 Å². The number of likely N-dealkylation sites (N-methyl/N-ethyl adjacent to an activating group) is 1. The first kappa shape index (κ1) is 23.6. The number of benzene rings is 1. The van der Waals surface area contributed by atoms with Gasteiger partial charge >= 0.3 is 0 Å². The van der Waals surface area contributed by atoms with Gasteiger partial charge in [0.25, 0.3) is 5.91 Å². The number of nitrogens with one attached hydrogen (secondary N) is 2. The van der Waals surface area contributed by atoms with Crippen LogP contribution in [0.1, 0.15) is 75.6 Å². The van der Waals surface area contributed by atoms with E-state index >= 15 is 0 Å². The highest BCUT2D eigenvalue weighted by atomic mass is 16.2. The van der Waals surface area contributed by atoms with Gasteiger partial charge in [-0.1, -0.05) is 33.1 Å². The number of carbonyl (C=O) groups is 2. The molecule has 6 nitrogen and oxygen atoms in total. The topological polar surface area (TPSA) is 64.7 Å². The maximum atomic E-state index is 13.1. The van der Waals surface area contributed by atoms with Crippen LogP contribution in [-0.2, 0) is 4.79 Å². The van der Waals surface area contributed by atoms with Crippen LogP contribution in [0, 0.1) is 5.92 Å². The van der Waals surface area contributed by atoms with Crippen LogP contribution in [0.15, 0.2) is 18.2 Å². The number of hydrogen-bond donors (Lipinski definition) is 2. The SMILES string of the molecule is CCN(CC)CCNC(=O)c1cc(NC(=O)C2CCCCC2)ccc1N1CCCCC1. The van der Waals surface area contributed by atoms with Crippen molar-refractivity contribution in [2.24, 2.45) is 5.92 Å². The standard InChI is InChI=1S/C25H40N4O2/c1-3-28(4-2)18-15-26-25(31)22-19-21(27-24(30)20-11-7-5-8-12-20)13-14-23(22)29-16-9-6-10-17-29/h13-14,19-20H,3-12,15-18H2,1-2H3,(H,26,31)(H,27,30). The van der Waals surface area contributed by atoms with Crippen molar-refractivity contribution in [3.63, 3.8) is 0 Å². The summed E-state index contributed by atoms with van der Waals surface area (Å²) in [6, 6.07) is 5.84. The zero-order chi connectivity index (χ0) is 22.1. The van der Waals surface area contributed by atoms with Crippen molar-refractivity contribution in [1.82, 2.24) is 10.2 Å². The monoisotopic (exact) mass is 428 g/mol. The van der Waals surface area contributed by atoms with E-state index in [0.29, 0.717) is 12.1 Å². The number of hydrogen-bond acceptors (Lipinski definition) is 4. The minimum Gasteiger partial charge on any atom is -0.371 e. The third-order valence-electron chi connectivity index (χ3n) is 6.79. The summed E-state index contributed by atoms with van der Waals surface area (Å²) in [4.78, 5) is 30.5. The van der Waals surface area contributed by atoms with Crippen LogP contribution in [0.4, 0.5) is 11.4 Å². The summed E-state index contributed by atoms with van der Waals surface area (Å²) in [6.45, 7) is 9.66. The van der Waals surface area contributed by atoms with Gasteiger partial charge in [-0.25, -0.2) is 0 Å². The number of anilines is 2. The summed E-state index contributed by atoms with van der Waals surface area (Å²) in [5, 5.41) is 6.19. The predicted molar refractivity (Wildman–Crippen MR) is 128 cm³/mol. The molecule has 1 saturated heterocycles. The first-order chi connectivity index (χ1) is 15.1. The molecule has 2 amide bonds. The molecule has 0 unspecified atom stereocenters. The van der Waals surface area contributed by atoms with Gasteiger partial charge in [-0.05, 0) is 63.4 Å². The summed E-state index contributed by atoms with van der Waals surface area (Å²) in [7, 11) is 0. The molecule has 1 aliphatic carbocycles. The van der Waals surface area contributed by atoms with E-state index in [0.717, 1.165) is 82.6 Å². The van der Waals surface area contributed by atoms with Crippen molar-refractivity contribution in [2.45, 2.75) is 65.2 Å². The third-order valence-corrected chi connectivity index (χ3v) is 6.79. The van der Waals surface area contributed by atoms with Crippen molar-refractivity contribution in [1.29, 1.82) is 0 Å². The molecule has 0 atom stereocenters. The molecule has 1 heterocycles. The molecule has 31 heavy (non-hydrogen) atoms. The van der Waals surface area contributed by atoms with E-state index in [-0.39, 0.29) is 17.7 Å². The smallest absolute Gasteiger partial charge is 0.253 e. The molecule has 0 spiro atoms. The number of piperidine rings is 1. The van der Waals surface area contributed by atoms with Crippen LogP contribution in [0.25, 0.3) is 0 Å². The Bertz CT molecular complexity index is 720. The van der Waals surface area contributed by atoms with E-state index < -0.39 is 0 Å². The van der Waals surface area contributed by atoms with E-state index in [4.69, 9.17) is 0 Å². The normalized spacial score (nSPS) is 17.6. The molecular weight excluding hydrogens is 388 g/mol. The lowest BCUT2D eigenvalue weighted by Crippen LogP contribution is -2.36. The molecule has 0 bridgehead atoms. The van der Waals surface area contributed by atoms with Gasteiger partial charge in [0.2, 0.25) is 5.91 Å². The summed E-state index contributed by atoms with van der Waals surface area (Å²) < 4.78 is 0. The first-order valence-electron chi connectivity index (χ1n) is 12.3. The lowest BCUT2D eigenvalue weighted by atomic mass is 9.88. The summed E-state index contributed by atoms with van der Waals surface area (Å²) in [5.41, 5.74) is 2.38. The quantitative estimate of drug-likeness (QED) is 0.617. The molecule has 1 saturated carbocycles. The van der Waals surface area contributed by atoms with Crippen molar-refractivity contribution in [3.05, 3.63) is 23.8 Å². The largest absolute Gasteiger partial charge is 0.371 e. The molecule has 3 rings (SSSR count). The maximum Gasteiger partial charge on any atom is 0.253 e. The van der Waals surface area contributed by atoms with Gasteiger partial charge in [-0.15, -0.1) is 0 Å². The molecule has 2 N–H and O–H groups in total. The molecule has 0 radical (unpaired) electrons. The highest BCUT2D eigenvalue weighted by Crippen LogP contribution is 2.29. The molecule has 1 aliphatic heterocycles. The van der Waals surface area contributed by atoms with Crippen molar-refractivity contribution in [3.8, 4) is 0 Å². The average molecular weight is 429 g/mol. The fraction of sp³-hybridized carbons (Fsp3) is 0.680. The Morgan fingerprint density at radius 3 is 2.35 bits per heavy atom. The summed E-state index contributed by atoms with van der Waals surface area (Å²) in [6.07, 6.45) is 8.99.